The topological polar surface area (TPSA) is 49.5 Å². The third kappa shape index (κ3) is 2.35. The predicted molar refractivity (Wildman–Crippen MR) is 61.6 cm³/mol. The average molecular weight is 212 g/mol. The molecule has 0 aromatic carbocycles. The number of rotatable bonds is 5. The molecule has 3 N–H and O–H groups in total. The van der Waals surface area contributed by atoms with Crippen molar-refractivity contribution < 1.29 is 5.11 Å². The largest absolute Gasteiger partial charge is 0.395 e. The van der Waals surface area contributed by atoms with Crippen LogP contribution < -0.4 is 5.73 Å². The van der Waals surface area contributed by atoms with Gasteiger partial charge in [-0.05, 0) is 50.1 Å². The van der Waals surface area contributed by atoms with Crippen molar-refractivity contribution in [1.82, 2.24) is 4.90 Å². The molecule has 3 nitrogen and oxygen atoms in total. The van der Waals surface area contributed by atoms with E-state index in [1.54, 1.807) is 0 Å². The van der Waals surface area contributed by atoms with Gasteiger partial charge in [0, 0.05) is 12.6 Å². The third-order valence-electron chi connectivity index (χ3n) is 4.35. The molecule has 2 aliphatic rings. The standard InChI is InChI=1S/C12H24N2O/c1-10-2-7-14(11(10)8-15)9-12(3-4-12)5-6-13/h10-11,15H,2-9,13H2,1H3. The normalized spacial score (nSPS) is 34.6. The Hall–Kier alpha value is -0.120. The van der Waals surface area contributed by atoms with Gasteiger partial charge in [-0.2, -0.15) is 0 Å². The van der Waals surface area contributed by atoms with Gasteiger partial charge in [0.15, 0.2) is 0 Å². The quantitative estimate of drug-likeness (QED) is 0.709. The Kier molecular flexibility index (Phi) is 3.33. The monoisotopic (exact) mass is 212 g/mol. The van der Waals surface area contributed by atoms with Crippen LogP contribution in [0.15, 0.2) is 0 Å². The van der Waals surface area contributed by atoms with Gasteiger partial charge in [-0.25, -0.2) is 0 Å². The molecular formula is C12H24N2O. The van der Waals surface area contributed by atoms with Crippen molar-refractivity contribution in [2.45, 2.75) is 38.6 Å². The molecule has 1 aliphatic heterocycles. The number of hydrogen-bond acceptors (Lipinski definition) is 3. The van der Waals surface area contributed by atoms with Crippen LogP contribution in [0, 0.1) is 11.3 Å². The van der Waals surface area contributed by atoms with Crippen LogP contribution in [0.4, 0.5) is 0 Å². The molecule has 1 saturated heterocycles. The number of nitrogens with zero attached hydrogens (tertiary/aromatic N) is 1. The second-order valence-corrected chi connectivity index (χ2v) is 5.53. The molecule has 0 aromatic rings. The van der Waals surface area contributed by atoms with Crippen LogP contribution in [0.2, 0.25) is 0 Å². The molecule has 15 heavy (non-hydrogen) atoms. The SMILES string of the molecule is CC1CCN(CC2(CCN)CC2)C1CO. The van der Waals surface area contributed by atoms with Crippen molar-refractivity contribution >= 4 is 0 Å². The molecule has 0 radical (unpaired) electrons. The number of aliphatic hydroxyl groups is 1. The van der Waals surface area contributed by atoms with E-state index in [-0.39, 0.29) is 0 Å². The highest BCUT2D eigenvalue weighted by Crippen LogP contribution is 2.50. The zero-order chi connectivity index (χ0) is 10.9. The van der Waals surface area contributed by atoms with Crippen molar-refractivity contribution in [2.75, 3.05) is 26.2 Å². The van der Waals surface area contributed by atoms with E-state index in [4.69, 9.17) is 5.73 Å². The maximum Gasteiger partial charge on any atom is 0.0589 e. The minimum Gasteiger partial charge on any atom is -0.395 e. The molecule has 2 rings (SSSR count). The van der Waals surface area contributed by atoms with E-state index in [1.165, 1.54) is 32.4 Å². The fourth-order valence-electron chi connectivity index (χ4n) is 2.98. The molecule has 0 amide bonds. The summed E-state index contributed by atoms with van der Waals surface area (Å²) < 4.78 is 0. The van der Waals surface area contributed by atoms with Crippen LogP contribution in [0.5, 0.6) is 0 Å². The van der Waals surface area contributed by atoms with Gasteiger partial charge in [0.25, 0.3) is 0 Å². The van der Waals surface area contributed by atoms with Crippen molar-refractivity contribution in [2.24, 2.45) is 17.1 Å². The van der Waals surface area contributed by atoms with Gasteiger partial charge in [0.2, 0.25) is 0 Å². The first-order valence-corrected chi connectivity index (χ1v) is 6.26. The smallest absolute Gasteiger partial charge is 0.0589 e. The second kappa shape index (κ2) is 4.40. The van der Waals surface area contributed by atoms with E-state index in [0.29, 0.717) is 24.0 Å². The lowest BCUT2D eigenvalue weighted by atomic mass is 10.00. The van der Waals surface area contributed by atoms with Gasteiger partial charge in [-0.3, -0.25) is 4.90 Å². The first kappa shape index (κ1) is 11.4. The lowest BCUT2D eigenvalue weighted by Gasteiger charge is -2.29. The van der Waals surface area contributed by atoms with Crippen molar-refractivity contribution in [3.63, 3.8) is 0 Å². The van der Waals surface area contributed by atoms with Gasteiger partial charge >= 0.3 is 0 Å². The summed E-state index contributed by atoms with van der Waals surface area (Å²) in [6, 6.07) is 0.403. The minimum atomic E-state index is 0.319. The summed E-state index contributed by atoms with van der Waals surface area (Å²) in [4.78, 5) is 2.49. The lowest BCUT2D eigenvalue weighted by molar-refractivity contribution is 0.118. The van der Waals surface area contributed by atoms with Crippen molar-refractivity contribution in [3.8, 4) is 0 Å². The van der Waals surface area contributed by atoms with Gasteiger partial charge in [0.1, 0.15) is 0 Å². The van der Waals surface area contributed by atoms with E-state index in [1.807, 2.05) is 0 Å². The Morgan fingerprint density at radius 2 is 2.20 bits per heavy atom. The van der Waals surface area contributed by atoms with Crippen LogP contribution in [0.1, 0.15) is 32.6 Å². The molecule has 2 unspecified atom stereocenters. The first-order valence-electron chi connectivity index (χ1n) is 6.26. The molecule has 0 spiro atoms. The Bertz CT molecular complexity index is 216. The molecule has 2 atom stereocenters. The molecule has 88 valence electrons. The van der Waals surface area contributed by atoms with Gasteiger partial charge < -0.3 is 10.8 Å². The molecule has 1 aliphatic carbocycles. The molecule has 1 saturated carbocycles. The number of hydrogen-bond donors (Lipinski definition) is 2. The highest BCUT2D eigenvalue weighted by Gasteiger charge is 2.45. The highest BCUT2D eigenvalue weighted by molar-refractivity contribution is 4.98. The Morgan fingerprint density at radius 1 is 1.47 bits per heavy atom. The summed E-state index contributed by atoms with van der Waals surface area (Å²) in [6.07, 6.45) is 5.08. The summed E-state index contributed by atoms with van der Waals surface area (Å²) in [7, 11) is 0. The van der Waals surface area contributed by atoms with Crippen LogP contribution in [0.3, 0.4) is 0 Å². The maximum absolute atomic E-state index is 9.39. The van der Waals surface area contributed by atoms with Gasteiger partial charge in [-0.1, -0.05) is 6.92 Å². The highest BCUT2D eigenvalue weighted by atomic mass is 16.3. The van der Waals surface area contributed by atoms with E-state index in [9.17, 15) is 5.11 Å². The maximum atomic E-state index is 9.39. The molecule has 0 aromatic heterocycles. The summed E-state index contributed by atoms with van der Waals surface area (Å²) in [5.74, 6) is 0.656. The van der Waals surface area contributed by atoms with Crippen LogP contribution in [-0.4, -0.2) is 42.3 Å². The molecule has 2 fully saturated rings. The van der Waals surface area contributed by atoms with Gasteiger partial charge in [-0.15, -0.1) is 0 Å². The molecule has 3 heteroatoms. The molecule has 0 bridgehead atoms. The van der Waals surface area contributed by atoms with E-state index < -0.39 is 0 Å². The van der Waals surface area contributed by atoms with Crippen LogP contribution >= 0.6 is 0 Å². The van der Waals surface area contributed by atoms with E-state index in [0.717, 1.165) is 13.0 Å². The average Bonchev–Trinajstić information content (AvgIpc) is 2.87. The van der Waals surface area contributed by atoms with E-state index >= 15 is 0 Å². The second-order valence-electron chi connectivity index (χ2n) is 5.53. The predicted octanol–water partition coefficient (Wildman–Crippen LogP) is 0.818. The fourth-order valence-corrected chi connectivity index (χ4v) is 2.98. The number of likely N-dealkylation sites (tertiary alicyclic amines) is 1. The lowest BCUT2D eigenvalue weighted by Crippen LogP contribution is -2.39. The zero-order valence-electron chi connectivity index (χ0n) is 9.78. The minimum absolute atomic E-state index is 0.319. The number of nitrogens with two attached hydrogens (primary N) is 1. The van der Waals surface area contributed by atoms with Crippen molar-refractivity contribution in [3.05, 3.63) is 0 Å². The molecular weight excluding hydrogens is 188 g/mol. The Labute approximate surface area is 92.6 Å². The molecule has 1 heterocycles. The Morgan fingerprint density at radius 3 is 2.73 bits per heavy atom. The van der Waals surface area contributed by atoms with E-state index in [2.05, 4.69) is 11.8 Å². The summed E-state index contributed by atoms with van der Waals surface area (Å²) in [6.45, 7) is 5.72. The van der Waals surface area contributed by atoms with Gasteiger partial charge in [0.05, 0.1) is 6.61 Å². The Balaban J connectivity index is 1.89. The number of aliphatic hydroxyl groups excluding tert-OH is 1. The van der Waals surface area contributed by atoms with Crippen molar-refractivity contribution in [1.29, 1.82) is 0 Å². The fraction of sp³-hybridized carbons (Fsp3) is 1.00. The van der Waals surface area contributed by atoms with Crippen LogP contribution in [-0.2, 0) is 0 Å². The third-order valence-corrected chi connectivity index (χ3v) is 4.35. The summed E-state index contributed by atoms with van der Waals surface area (Å²) >= 11 is 0. The summed E-state index contributed by atoms with van der Waals surface area (Å²) in [5, 5.41) is 9.39. The first-order chi connectivity index (χ1) is 7.21. The zero-order valence-corrected chi connectivity index (χ0v) is 9.78. The van der Waals surface area contributed by atoms with Crippen LogP contribution in [0.25, 0.3) is 0 Å². The summed E-state index contributed by atoms with van der Waals surface area (Å²) in [5.41, 5.74) is 6.18.